The van der Waals surface area contributed by atoms with Crippen molar-refractivity contribution < 1.29 is 42.9 Å². The Morgan fingerprint density at radius 3 is 1.71 bits per heavy atom. The molecule has 0 aliphatic rings. The van der Waals surface area contributed by atoms with Gasteiger partial charge in [0.2, 0.25) is 11.8 Å². The van der Waals surface area contributed by atoms with Gasteiger partial charge in [-0.3, -0.25) is 19.4 Å². The molecule has 79 heavy (non-hydrogen) atoms. The van der Waals surface area contributed by atoms with E-state index in [1.807, 2.05) is 118 Å². The molecule has 7 N–H and O–H groups in total. The number of fused-ring (bicyclic) bond motifs is 2. The van der Waals surface area contributed by atoms with E-state index in [0.29, 0.717) is 49.8 Å². The highest BCUT2D eigenvalue weighted by Gasteiger charge is 2.31. The molecule has 0 fully saturated rings. The summed E-state index contributed by atoms with van der Waals surface area (Å²) in [4.78, 5) is 73.0. The lowest BCUT2D eigenvalue weighted by molar-refractivity contribution is -0.150. The number of ether oxygens (including phenoxy) is 4. The Labute approximate surface area is 483 Å². The molecular formula is C61H91N7O9S2. The predicted octanol–water partition coefficient (Wildman–Crippen LogP) is 10.5. The van der Waals surface area contributed by atoms with Crippen molar-refractivity contribution in [2.24, 2.45) is 22.6 Å². The van der Waals surface area contributed by atoms with Crippen LogP contribution in [0.1, 0.15) is 119 Å². The molecule has 0 radical (unpaired) electrons. The fourth-order valence-corrected chi connectivity index (χ4v) is 8.33. The van der Waals surface area contributed by atoms with Gasteiger partial charge in [-0.1, -0.05) is 133 Å². The van der Waals surface area contributed by atoms with Gasteiger partial charge in [-0.25, -0.2) is 9.59 Å². The third-order valence-electron chi connectivity index (χ3n) is 12.2. The van der Waals surface area contributed by atoms with Crippen LogP contribution in [0, 0.1) is 18.8 Å². The van der Waals surface area contributed by atoms with Gasteiger partial charge < -0.3 is 51.3 Å². The first-order valence-electron chi connectivity index (χ1n) is 26.2. The minimum absolute atomic E-state index is 0. The zero-order valence-electron chi connectivity index (χ0n) is 46.3. The molecule has 5 aromatic carbocycles. The van der Waals surface area contributed by atoms with Gasteiger partial charge >= 0.3 is 12.1 Å². The zero-order valence-corrected chi connectivity index (χ0v) is 48.3. The number of guanidine groups is 1. The van der Waals surface area contributed by atoms with Gasteiger partial charge in [0.25, 0.3) is 5.91 Å². The van der Waals surface area contributed by atoms with Crippen molar-refractivity contribution in [1.29, 1.82) is 0 Å². The first-order valence-corrected chi connectivity index (χ1v) is 26.2. The molecular weight excluding hydrogens is 1040 g/mol. The summed E-state index contributed by atoms with van der Waals surface area (Å²) in [5.41, 5.74) is 8.66. The summed E-state index contributed by atoms with van der Waals surface area (Å²) >= 11 is 0. The van der Waals surface area contributed by atoms with Crippen molar-refractivity contribution >= 4 is 84.3 Å². The van der Waals surface area contributed by atoms with Crippen LogP contribution in [0.4, 0.5) is 4.79 Å². The van der Waals surface area contributed by atoms with E-state index in [-0.39, 0.29) is 86.1 Å². The fourth-order valence-electron chi connectivity index (χ4n) is 8.33. The van der Waals surface area contributed by atoms with E-state index in [1.165, 1.54) is 0 Å². The monoisotopic (exact) mass is 1130 g/mol. The van der Waals surface area contributed by atoms with Gasteiger partial charge in [-0.15, -0.1) is 0 Å². The number of hydrogen-bond donors (Lipinski definition) is 6. The highest BCUT2D eigenvalue weighted by atomic mass is 32.1. The van der Waals surface area contributed by atoms with E-state index in [9.17, 15) is 24.0 Å². The van der Waals surface area contributed by atoms with E-state index in [2.05, 4.69) is 45.4 Å². The first kappa shape index (κ1) is 70.4. The number of nitrogens with zero attached hydrogens (tertiary/aromatic N) is 1. The number of hydrogen-bond acceptors (Lipinski definition) is 10. The van der Waals surface area contributed by atoms with Crippen LogP contribution in [0.3, 0.4) is 0 Å². The van der Waals surface area contributed by atoms with Crippen molar-refractivity contribution in [3.63, 3.8) is 0 Å². The zero-order chi connectivity index (χ0) is 54.5. The Morgan fingerprint density at radius 2 is 1.15 bits per heavy atom. The molecule has 16 nitrogen and oxygen atoms in total. The van der Waals surface area contributed by atoms with Crippen LogP contribution in [0.2, 0.25) is 0 Å². The van der Waals surface area contributed by atoms with Gasteiger partial charge in [-0.05, 0) is 124 Å². The Morgan fingerprint density at radius 1 is 0.620 bits per heavy atom. The van der Waals surface area contributed by atoms with Crippen LogP contribution in [-0.4, -0.2) is 92.8 Å². The number of benzene rings is 5. The molecule has 0 unspecified atom stereocenters. The molecule has 3 atom stereocenters. The van der Waals surface area contributed by atoms with E-state index >= 15 is 0 Å². The molecule has 0 aliphatic heterocycles. The molecule has 0 aromatic heterocycles. The fraction of sp³-hybridized carbons (Fsp3) is 0.475. The molecule has 0 bridgehead atoms. The quantitative estimate of drug-likeness (QED) is 0.0126. The molecule has 0 heterocycles. The first-order chi connectivity index (χ1) is 35.8. The number of alkyl carbamates (subject to hydrolysis) is 1. The lowest BCUT2D eigenvalue weighted by Gasteiger charge is -2.26. The summed E-state index contributed by atoms with van der Waals surface area (Å²) in [5, 5.41) is 18.2. The topological polar surface area (TPSA) is 221 Å². The van der Waals surface area contributed by atoms with E-state index < -0.39 is 60.1 Å². The number of aliphatic imine (C=N–C) groups is 1. The molecule has 5 rings (SSSR count). The lowest BCUT2D eigenvalue weighted by atomic mass is 9.92. The standard InChI is InChI=1S/C59H79N7O9.2CH4.2H2S/c1-38(2)31-34-72-49-29-27-42-17-10-12-19-44(42)52(49)53-45-20-13-11-18-43(45)28-30-50(53)73-37-51(67)64-46(21-14-15-32-63-58(71)75-59(6,7)8)54(68)65-47(22-16-33-62-57(60)61-9)55(69)66-48(35-39(3)4)56(70)74-36-41-25-23-40(5)24-26-41;;;;/h10-13,17-20,23-30,38-39,46-48H,14-16,21-22,31-37H2,1-9H3,(H,63,71)(H,64,67)(H,65,68)(H,66,69)(H3,60,61,62);2*1H4;2*1H2/t46-,47-,48+;;;;/m1..../s1. The number of nitrogens with one attached hydrogen (secondary N) is 5. The number of unbranched alkanes of at least 4 members (excludes halogenated alkanes) is 1. The summed E-state index contributed by atoms with van der Waals surface area (Å²) in [7, 11) is 1.55. The van der Waals surface area contributed by atoms with Gasteiger partial charge in [0.15, 0.2) is 12.6 Å². The van der Waals surface area contributed by atoms with Gasteiger partial charge in [0.05, 0.1) is 6.61 Å². The number of nitrogens with two attached hydrogens (primary N) is 1. The Bertz CT molecular complexity index is 2730. The van der Waals surface area contributed by atoms with Crippen LogP contribution < -0.4 is 41.8 Å². The average Bonchev–Trinajstić information content (AvgIpc) is 3.37. The van der Waals surface area contributed by atoms with Crippen molar-refractivity contribution in [1.82, 2.24) is 26.6 Å². The molecule has 436 valence electrons. The van der Waals surface area contributed by atoms with Crippen molar-refractivity contribution in [2.45, 2.75) is 146 Å². The summed E-state index contributed by atoms with van der Waals surface area (Å²) in [6.07, 6.45) is 2.06. The number of carbonyl (C=O) groups is 5. The maximum atomic E-state index is 14.5. The molecule has 0 saturated heterocycles. The third kappa shape index (κ3) is 23.3. The Kier molecular flexibility index (Phi) is 31.2. The van der Waals surface area contributed by atoms with E-state index in [0.717, 1.165) is 50.2 Å². The Balaban J connectivity index is 0.00000780. The van der Waals surface area contributed by atoms with Crippen molar-refractivity contribution in [2.75, 3.05) is 33.4 Å². The van der Waals surface area contributed by atoms with Crippen molar-refractivity contribution in [3.05, 3.63) is 108 Å². The summed E-state index contributed by atoms with van der Waals surface area (Å²) in [6, 6.07) is 28.1. The van der Waals surface area contributed by atoms with Crippen LogP contribution >= 0.6 is 27.0 Å². The number of carbonyl (C=O) groups excluding carboxylic acids is 5. The van der Waals surface area contributed by atoms with Gasteiger partial charge in [-0.2, -0.15) is 27.0 Å². The molecule has 5 aromatic rings. The molecule has 18 heteroatoms. The van der Waals surface area contributed by atoms with Crippen LogP contribution in [0.5, 0.6) is 11.5 Å². The molecule has 0 spiro atoms. The minimum Gasteiger partial charge on any atom is -0.493 e. The van der Waals surface area contributed by atoms with Gasteiger partial charge in [0, 0.05) is 31.3 Å². The molecule has 4 amide bonds. The second-order valence-electron chi connectivity index (χ2n) is 20.7. The number of rotatable bonds is 27. The van der Waals surface area contributed by atoms with Crippen LogP contribution in [0.25, 0.3) is 32.7 Å². The van der Waals surface area contributed by atoms with E-state index in [4.69, 9.17) is 24.7 Å². The highest BCUT2D eigenvalue weighted by Crippen LogP contribution is 2.45. The maximum absolute atomic E-state index is 14.5. The SMILES string of the molecule is C.C.CN=C(N)NCCC[C@@H](NC(=O)[C@@H](CCCCNC(=O)OC(C)(C)C)NC(=O)COc1ccc2ccccc2c1-c1c(OCCC(C)C)ccc2ccccc12)C(=O)N[C@@H](CC(C)C)C(=O)OCc1ccc(C)cc1.S.S. The molecule has 0 saturated carbocycles. The minimum atomic E-state index is -1.14. The number of amides is 4. The van der Waals surface area contributed by atoms with Gasteiger partial charge in [0.1, 0.15) is 41.8 Å². The van der Waals surface area contributed by atoms with E-state index in [1.54, 1.807) is 27.8 Å². The van der Waals surface area contributed by atoms with Crippen LogP contribution in [0.15, 0.2) is 102 Å². The lowest BCUT2D eigenvalue weighted by Crippen LogP contribution is -2.56. The smallest absolute Gasteiger partial charge is 0.407 e. The highest BCUT2D eigenvalue weighted by molar-refractivity contribution is 7.59. The molecule has 0 aliphatic carbocycles. The third-order valence-corrected chi connectivity index (χ3v) is 12.2. The van der Waals surface area contributed by atoms with Crippen LogP contribution in [-0.2, 0) is 35.3 Å². The maximum Gasteiger partial charge on any atom is 0.407 e. The Hall–Kier alpha value is -6.66. The number of aryl methyl sites for hydroxylation is 1. The second-order valence-corrected chi connectivity index (χ2v) is 20.7. The second kappa shape index (κ2) is 35.1. The summed E-state index contributed by atoms with van der Waals surface area (Å²) < 4.78 is 24.1. The predicted molar refractivity (Wildman–Crippen MR) is 331 cm³/mol. The summed E-state index contributed by atoms with van der Waals surface area (Å²) in [5.74, 6) is -0.640. The normalized spacial score (nSPS) is 12.3. The number of esters is 1. The largest absolute Gasteiger partial charge is 0.493 e. The average molecular weight is 1130 g/mol. The summed E-state index contributed by atoms with van der Waals surface area (Å²) in [6.45, 7) is 16.1. The van der Waals surface area contributed by atoms with Crippen molar-refractivity contribution in [3.8, 4) is 22.6 Å².